The molecule has 0 amide bonds. The second-order valence-corrected chi connectivity index (χ2v) is 3.11. The molecule has 2 atom stereocenters. The van der Waals surface area contributed by atoms with Crippen LogP contribution in [0.3, 0.4) is 0 Å². The summed E-state index contributed by atoms with van der Waals surface area (Å²) >= 11 is 0. The number of hydrogen-bond donors (Lipinski definition) is 2. The van der Waals surface area contributed by atoms with E-state index in [1.165, 1.54) is 0 Å². The van der Waals surface area contributed by atoms with Crippen LogP contribution in [-0.2, 0) is 6.42 Å². The first-order valence-corrected chi connectivity index (χ1v) is 4.49. The predicted octanol–water partition coefficient (Wildman–Crippen LogP) is 0.756. The van der Waals surface area contributed by atoms with E-state index in [1.54, 1.807) is 12.4 Å². The zero-order valence-electron chi connectivity index (χ0n) is 7.72. The van der Waals surface area contributed by atoms with E-state index in [4.69, 9.17) is 0 Å². The number of aliphatic hydroxyl groups excluding tert-OH is 2. The Morgan fingerprint density at radius 2 is 2.15 bits per heavy atom. The van der Waals surface area contributed by atoms with E-state index in [2.05, 4.69) is 4.98 Å². The van der Waals surface area contributed by atoms with E-state index < -0.39 is 12.2 Å². The van der Waals surface area contributed by atoms with Gasteiger partial charge >= 0.3 is 0 Å². The van der Waals surface area contributed by atoms with Crippen molar-refractivity contribution in [3.05, 3.63) is 30.1 Å². The highest BCUT2D eigenvalue weighted by Crippen LogP contribution is 2.06. The highest BCUT2D eigenvalue weighted by atomic mass is 16.3. The second kappa shape index (κ2) is 4.94. The monoisotopic (exact) mass is 181 g/mol. The van der Waals surface area contributed by atoms with Gasteiger partial charge in [0, 0.05) is 18.8 Å². The van der Waals surface area contributed by atoms with Crippen LogP contribution in [0.25, 0.3) is 0 Å². The Kier molecular flexibility index (Phi) is 3.86. The fraction of sp³-hybridized carbons (Fsp3) is 0.500. The molecule has 0 aliphatic carbocycles. The molecule has 0 spiro atoms. The van der Waals surface area contributed by atoms with E-state index >= 15 is 0 Å². The Bertz CT molecular complexity index is 238. The molecule has 0 fully saturated rings. The van der Waals surface area contributed by atoms with Crippen molar-refractivity contribution in [2.24, 2.45) is 0 Å². The quantitative estimate of drug-likeness (QED) is 0.721. The Hall–Kier alpha value is -0.930. The van der Waals surface area contributed by atoms with Crippen molar-refractivity contribution >= 4 is 0 Å². The van der Waals surface area contributed by atoms with Gasteiger partial charge in [0.1, 0.15) is 0 Å². The predicted molar refractivity (Wildman–Crippen MR) is 50.2 cm³/mol. The standard InChI is InChI=1S/C10H15NO2/c1-2-9(12)10(13)6-8-4-3-5-11-7-8/h3-5,7,9-10,12-13H,2,6H2,1H3. The number of rotatable bonds is 4. The van der Waals surface area contributed by atoms with Gasteiger partial charge in [-0.3, -0.25) is 4.98 Å². The maximum atomic E-state index is 9.49. The van der Waals surface area contributed by atoms with Crippen LogP contribution in [0, 0.1) is 0 Å². The molecule has 0 bridgehead atoms. The first-order valence-electron chi connectivity index (χ1n) is 4.49. The van der Waals surface area contributed by atoms with Gasteiger partial charge in [-0.15, -0.1) is 0 Å². The molecule has 0 saturated carbocycles. The van der Waals surface area contributed by atoms with Gasteiger partial charge in [-0.25, -0.2) is 0 Å². The van der Waals surface area contributed by atoms with Crippen LogP contribution < -0.4 is 0 Å². The molecular weight excluding hydrogens is 166 g/mol. The Balaban J connectivity index is 2.50. The summed E-state index contributed by atoms with van der Waals surface area (Å²) in [5.74, 6) is 0. The summed E-state index contributed by atoms with van der Waals surface area (Å²) in [6.45, 7) is 1.84. The van der Waals surface area contributed by atoms with Gasteiger partial charge in [0.05, 0.1) is 12.2 Å². The van der Waals surface area contributed by atoms with Crippen LogP contribution in [0.15, 0.2) is 24.5 Å². The first kappa shape index (κ1) is 10.2. The van der Waals surface area contributed by atoms with Gasteiger partial charge in [0.15, 0.2) is 0 Å². The van der Waals surface area contributed by atoms with Crippen LogP contribution in [-0.4, -0.2) is 27.4 Å². The lowest BCUT2D eigenvalue weighted by atomic mass is 10.0. The molecule has 0 aromatic carbocycles. The maximum absolute atomic E-state index is 9.49. The fourth-order valence-corrected chi connectivity index (χ4v) is 1.17. The number of aliphatic hydroxyl groups is 2. The molecule has 1 aromatic heterocycles. The molecule has 1 aromatic rings. The Morgan fingerprint density at radius 3 is 2.69 bits per heavy atom. The molecule has 2 unspecified atom stereocenters. The lowest BCUT2D eigenvalue weighted by Gasteiger charge is -2.15. The minimum absolute atomic E-state index is 0.461. The third-order valence-electron chi connectivity index (χ3n) is 2.03. The zero-order valence-corrected chi connectivity index (χ0v) is 7.72. The Labute approximate surface area is 78.1 Å². The molecule has 0 saturated heterocycles. The van der Waals surface area contributed by atoms with Crippen LogP contribution in [0.2, 0.25) is 0 Å². The molecule has 2 N–H and O–H groups in total. The van der Waals surface area contributed by atoms with Gasteiger partial charge in [0.2, 0.25) is 0 Å². The molecule has 0 aliphatic rings. The fourth-order valence-electron chi connectivity index (χ4n) is 1.17. The van der Waals surface area contributed by atoms with Gasteiger partial charge in [-0.1, -0.05) is 13.0 Å². The van der Waals surface area contributed by atoms with Gasteiger partial charge < -0.3 is 10.2 Å². The van der Waals surface area contributed by atoms with Crippen molar-refractivity contribution in [1.82, 2.24) is 4.98 Å². The minimum Gasteiger partial charge on any atom is -0.390 e. The van der Waals surface area contributed by atoms with E-state index in [0.29, 0.717) is 12.8 Å². The van der Waals surface area contributed by atoms with Crippen LogP contribution >= 0.6 is 0 Å². The van der Waals surface area contributed by atoms with E-state index in [-0.39, 0.29) is 0 Å². The molecule has 72 valence electrons. The highest BCUT2D eigenvalue weighted by molar-refractivity contribution is 5.09. The van der Waals surface area contributed by atoms with E-state index in [9.17, 15) is 10.2 Å². The Morgan fingerprint density at radius 1 is 1.38 bits per heavy atom. The lowest BCUT2D eigenvalue weighted by Crippen LogP contribution is -2.27. The minimum atomic E-state index is -0.686. The topological polar surface area (TPSA) is 53.4 Å². The van der Waals surface area contributed by atoms with Crippen LogP contribution in [0.4, 0.5) is 0 Å². The second-order valence-electron chi connectivity index (χ2n) is 3.11. The molecule has 1 rings (SSSR count). The number of nitrogens with zero attached hydrogens (tertiary/aromatic N) is 1. The van der Waals surface area contributed by atoms with Gasteiger partial charge in [0.25, 0.3) is 0 Å². The summed E-state index contributed by atoms with van der Waals surface area (Å²) in [6.07, 6.45) is 3.09. The molecule has 0 radical (unpaired) electrons. The average Bonchev–Trinajstić information content (AvgIpc) is 2.18. The molecule has 0 aliphatic heterocycles. The summed E-state index contributed by atoms with van der Waals surface area (Å²) in [7, 11) is 0. The van der Waals surface area contributed by atoms with E-state index in [0.717, 1.165) is 5.56 Å². The highest BCUT2D eigenvalue weighted by Gasteiger charge is 2.14. The summed E-state index contributed by atoms with van der Waals surface area (Å²) in [5, 5.41) is 18.8. The smallest absolute Gasteiger partial charge is 0.0839 e. The molecule has 3 nitrogen and oxygen atoms in total. The SMILES string of the molecule is CCC(O)C(O)Cc1cccnc1. The summed E-state index contributed by atoms with van der Waals surface area (Å²) in [4.78, 5) is 3.93. The molecular formula is C10H15NO2. The van der Waals surface area contributed by atoms with Crippen molar-refractivity contribution in [1.29, 1.82) is 0 Å². The number of hydrogen-bond acceptors (Lipinski definition) is 3. The van der Waals surface area contributed by atoms with Crippen molar-refractivity contribution in [3.8, 4) is 0 Å². The molecule has 13 heavy (non-hydrogen) atoms. The molecule has 3 heteroatoms. The van der Waals surface area contributed by atoms with Crippen LogP contribution in [0.5, 0.6) is 0 Å². The number of pyridine rings is 1. The van der Waals surface area contributed by atoms with Crippen molar-refractivity contribution in [2.45, 2.75) is 32.0 Å². The van der Waals surface area contributed by atoms with Gasteiger partial charge in [-0.05, 0) is 18.1 Å². The summed E-state index contributed by atoms with van der Waals surface area (Å²) in [5.41, 5.74) is 0.947. The zero-order chi connectivity index (χ0) is 9.68. The largest absolute Gasteiger partial charge is 0.390 e. The van der Waals surface area contributed by atoms with Crippen molar-refractivity contribution in [2.75, 3.05) is 0 Å². The third-order valence-corrected chi connectivity index (χ3v) is 2.03. The number of aromatic nitrogens is 1. The lowest BCUT2D eigenvalue weighted by molar-refractivity contribution is 0.0181. The summed E-state index contributed by atoms with van der Waals surface area (Å²) < 4.78 is 0. The van der Waals surface area contributed by atoms with Crippen molar-refractivity contribution < 1.29 is 10.2 Å². The summed E-state index contributed by atoms with van der Waals surface area (Å²) in [6, 6.07) is 3.71. The van der Waals surface area contributed by atoms with E-state index in [1.807, 2.05) is 19.1 Å². The average molecular weight is 181 g/mol. The first-order chi connectivity index (χ1) is 6.24. The van der Waals surface area contributed by atoms with Crippen LogP contribution in [0.1, 0.15) is 18.9 Å². The maximum Gasteiger partial charge on any atom is 0.0839 e. The van der Waals surface area contributed by atoms with Crippen molar-refractivity contribution in [3.63, 3.8) is 0 Å². The normalized spacial score (nSPS) is 15.3. The molecule has 1 heterocycles. The third kappa shape index (κ3) is 3.13. The van der Waals surface area contributed by atoms with Gasteiger partial charge in [-0.2, -0.15) is 0 Å².